The Morgan fingerprint density at radius 1 is 1.44 bits per heavy atom. The lowest BCUT2D eigenvalue weighted by Crippen LogP contribution is -2.38. The number of nitrogens with zero attached hydrogens (tertiary/aromatic N) is 1. The van der Waals surface area contributed by atoms with Crippen molar-refractivity contribution in [2.75, 3.05) is 12.3 Å². The number of nitrogens with one attached hydrogen (secondary N) is 1. The summed E-state index contributed by atoms with van der Waals surface area (Å²) in [6.45, 7) is 2.33. The summed E-state index contributed by atoms with van der Waals surface area (Å²) in [5.74, 6) is 0.0445. The van der Waals surface area contributed by atoms with Gasteiger partial charge >= 0.3 is 0 Å². The van der Waals surface area contributed by atoms with Gasteiger partial charge in [-0.15, -0.1) is 0 Å². The number of sulfonamides is 1. The standard InChI is InChI=1S/C12H21N3O2S/c1-2-5-11(13)10-15-18(16,17)9-7-12-6-3-4-8-14-12/h3-4,6,8,11,15H,2,5,7,9-10,13H2,1H3. The fraction of sp³-hybridized carbons (Fsp3) is 0.583. The van der Waals surface area contributed by atoms with Crippen LogP contribution in [0.15, 0.2) is 24.4 Å². The minimum Gasteiger partial charge on any atom is -0.327 e. The van der Waals surface area contributed by atoms with Gasteiger partial charge in [0, 0.05) is 30.9 Å². The number of hydrogen-bond acceptors (Lipinski definition) is 4. The summed E-state index contributed by atoms with van der Waals surface area (Å²) in [7, 11) is -3.26. The van der Waals surface area contributed by atoms with Crippen molar-refractivity contribution < 1.29 is 8.42 Å². The first-order valence-corrected chi connectivity index (χ1v) is 7.81. The summed E-state index contributed by atoms with van der Waals surface area (Å²) in [5, 5.41) is 0. The topological polar surface area (TPSA) is 85.1 Å². The Morgan fingerprint density at radius 2 is 2.22 bits per heavy atom. The van der Waals surface area contributed by atoms with Crippen LogP contribution in [0, 0.1) is 0 Å². The van der Waals surface area contributed by atoms with Crippen molar-refractivity contribution in [1.82, 2.24) is 9.71 Å². The van der Waals surface area contributed by atoms with Crippen LogP contribution in [0.2, 0.25) is 0 Å². The highest BCUT2D eigenvalue weighted by Crippen LogP contribution is 1.98. The van der Waals surface area contributed by atoms with Crippen molar-refractivity contribution >= 4 is 10.0 Å². The van der Waals surface area contributed by atoms with E-state index in [2.05, 4.69) is 9.71 Å². The monoisotopic (exact) mass is 271 g/mol. The fourth-order valence-corrected chi connectivity index (χ4v) is 2.65. The van der Waals surface area contributed by atoms with Gasteiger partial charge in [0.1, 0.15) is 0 Å². The third-order valence-electron chi connectivity index (χ3n) is 2.58. The van der Waals surface area contributed by atoms with Crippen molar-refractivity contribution in [1.29, 1.82) is 0 Å². The van der Waals surface area contributed by atoms with Gasteiger partial charge < -0.3 is 5.73 Å². The third kappa shape index (κ3) is 6.09. The highest BCUT2D eigenvalue weighted by Gasteiger charge is 2.12. The maximum absolute atomic E-state index is 11.7. The predicted molar refractivity (Wildman–Crippen MR) is 72.6 cm³/mol. The van der Waals surface area contributed by atoms with Gasteiger partial charge in [0.25, 0.3) is 0 Å². The quantitative estimate of drug-likeness (QED) is 0.728. The maximum atomic E-state index is 11.7. The molecule has 0 aromatic carbocycles. The molecule has 3 N–H and O–H groups in total. The van der Waals surface area contributed by atoms with E-state index in [0.717, 1.165) is 18.5 Å². The van der Waals surface area contributed by atoms with Crippen LogP contribution in [0.25, 0.3) is 0 Å². The van der Waals surface area contributed by atoms with Gasteiger partial charge in [-0.3, -0.25) is 4.98 Å². The molecule has 0 bridgehead atoms. The molecule has 5 nitrogen and oxygen atoms in total. The van der Waals surface area contributed by atoms with E-state index in [1.54, 1.807) is 12.3 Å². The molecule has 0 aliphatic heterocycles. The first-order valence-electron chi connectivity index (χ1n) is 6.16. The molecule has 102 valence electrons. The molecule has 0 aliphatic carbocycles. The summed E-state index contributed by atoms with van der Waals surface area (Å²) in [5.41, 5.74) is 6.54. The number of hydrogen-bond donors (Lipinski definition) is 2. The summed E-state index contributed by atoms with van der Waals surface area (Å²) < 4.78 is 26.0. The molecule has 0 saturated heterocycles. The number of aryl methyl sites for hydroxylation is 1. The normalized spacial score (nSPS) is 13.4. The maximum Gasteiger partial charge on any atom is 0.212 e. The lowest BCUT2D eigenvalue weighted by molar-refractivity contribution is 0.552. The summed E-state index contributed by atoms with van der Waals surface area (Å²) in [6, 6.07) is 5.36. The Balaban J connectivity index is 2.36. The molecule has 1 rings (SSSR count). The second-order valence-electron chi connectivity index (χ2n) is 4.29. The van der Waals surface area contributed by atoms with Crippen LogP contribution in [0.1, 0.15) is 25.5 Å². The molecular weight excluding hydrogens is 250 g/mol. The highest BCUT2D eigenvalue weighted by molar-refractivity contribution is 7.89. The Bertz CT molecular complexity index is 434. The SMILES string of the molecule is CCCC(N)CNS(=O)(=O)CCc1ccccn1. The van der Waals surface area contributed by atoms with Crippen molar-refractivity contribution in [3.63, 3.8) is 0 Å². The zero-order valence-corrected chi connectivity index (χ0v) is 11.5. The van der Waals surface area contributed by atoms with Crippen LogP contribution < -0.4 is 10.5 Å². The molecule has 1 unspecified atom stereocenters. The number of rotatable bonds is 8. The smallest absolute Gasteiger partial charge is 0.212 e. The average molecular weight is 271 g/mol. The molecule has 1 atom stereocenters. The first kappa shape index (κ1) is 15.1. The molecule has 1 aromatic heterocycles. The number of pyridine rings is 1. The molecule has 6 heteroatoms. The second kappa shape index (κ2) is 7.45. The number of aromatic nitrogens is 1. The van der Waals surface area contributed by atoms with Gasteiger partial charge in [-0.25, -0.2) is 13.1 Å². The van der Waals surface area contributed by atoms with E-state index in [-0.39, 0.29) is 11.8 Å². The highest BCUT2D eigenvalue weighted by atomic mass is 32.2. The van der Waals surface area contributed by atoms with Crippen LogP contribution in [-0.4, -0.2) is 31.7 Å². The van der Waals surface area contributed by atoms with Gasteiger partial charge in [0.15, 0.2) is 0 Å². The largest absolute Gasteiger partial charge is 0.327 e. The minimum absolute atomic E-state index is 0.0445. The van der Waals surface area contributed by atoms with Crippen molar-refractivity contribution in [3.8, 4) is 0 Å². The van der Waals surface area contributed by atoms with Gasteiger partial charge in [0.2, 0.25) is 10.0 Å². The van der Waals surface area contributed by atoms with E-state index in [0.29, 0.717) is 13.0 Å². The molecule has 1 heterocycles. The van der Waals surface area contributed by atoms with Crippen LogP contribution in [0.5, 0.6) is 0 Å². The first-order chi connectivity index (χ1) is 8.53. The van der Waals surface area contributed by atoms with Crippen LogP contribution in [0.4, 0.5) is 0 Å². The lowest BCUT2D eigenvalue weighted by Gasteiger charge is -2.11. The summed E-state index contributed by atoms with van der Waals surface area (Å²) in [4.78, 5) is 4.09. The molecule has 0 fully saturated rings. The zero-order valence-electron chi connectivity index (χ0n) is 10.7. The molecule has 0 aliphatic rings. The molecule has 1 aromatic rings. The van der Waals surface area contributed by atoms with E-state index < -0.39 is 10.0 Å². The molecular formula is C12H21N3O2S. The lowest BCUT2D eigenvalue weighted by atomic mass is 10.2. The van der Waals surface area contributed by atoms with Gasteiger partial charge in [-0.2, -0.15) is 0 Å². The van der Waals surface area contributed by atoms with E-state index in [1.165, 1.54) is 0 Å². The molecule has 0 spiro atoms. The molecule has 18 heavy (non-hydrogen) atoms. The van der Waals surface area contributed by atoms with E-state index in [4.69, 9.17) is 5.73 Å². The van der Waals surface area contributed by atoms with Crippen LogP contribution in [0.3, 0.4) is 0 Å². The van der Waals surface area contributed by atoms with Crippen LogP contribution >= 0.6 is 0 Å². The van der Waals surface area contributed by atoms with Crippen LogP contribution in [-0.2, 0) is 16.4 Å². The Labute approximate surface area is 109 Å². The fourth-order valence-electron chi connectivity index (χ4n) is 1.56. The van der Waals surface area contributed by atoms with Crippen molar-refractivity contribution in [2.24, 2.45) is 5.73 Å². The van der Waals surface area contributed by atoms with E-state index >= 15 is 0 Å². The Morgan fingerprint density at radius 3 is 2.83 bits per heavy atom. The van der Waals surface area contributed by atoms with Crippen molar-refractivity contribution in [3.05, 3.63) is 30.1 Å². The second-order valence-corrected chi connectivity index (χ2v) is 6.21. The molecule has 0 saturated carbocycles. The number of nitrogens with two attached hydrogens (primary N) is 1. The van der Waals surface area contributed by atoms with E-state index in [1.807, 2.05) is 19.1 Å². The van der Waals surface area contributed by atoms with E-state index in [9.17, 15) is 8.42 Å². The average Bonchev–Trinajstić information content (AvgIpc) is 2.36. The van der Waals surface area contributed by atoms with Gasteiger partial charge in [-0.05, 0) is 18.6 Å². The molecule has 0 amide bonds. The summed E-state index contributed by atoms with van der Waals surface area (Å²) in [6.07, 6.45) is 3.85. The zero-order chi connectivity index (χ0) is 13.4. The minimum atomic E-state index is -3.26. The van der Waals surface area contributed by atoms with Gasteiger partial charge in [0.05, 0.1) is 5.75 Å². The predicted octanol–water partition coefficient (Wildman–Crippen LogP) is 0.671. The molecule has 0 radical (unpaired) electrons. The Kier molecular flexibility index (Phi) is 6.24. The third-order valence-corrected chi connectivity index (χ3v) is 3.93. The Hall–Kier alpha value is -0.980. The van der Waals surface area contributed by atoms with Crippen molar-refractivity contribution in [2.45, 2.75) is 32.2 Å². The van der Waals surface area contributed by atoms with Gasteiger partial charge in [-0.1, -0.05) is 19.4 Å². The summed E-state index contributed by atoms with van der Waals surface area (Å²) >= 11 is 0.